The van der Waals surface area contributed by atoms with E-state index in [4.69, 9.17) is 18.9 Å². The molecule has 0 unspecified atom stereocenters. The molecule has 0 N–H and O–H groups in total. The molecule has 0 atom stereocenters. The minimum Gasteiger partial charge on any atom is -0.468 e. The Hall–Kier alpha value is -2.56. The summed E-state index contributed by atoms with van der Waals surface area (Å²) in [4.78, 5) is 0. The van der Waals surface area contributed by atoms with Gasteiger partial charge in [0.15, 0.2) is 13.6 Å². The molecule has 0 spiro atoms. The van der Waals surface area contributed by atoms with Gasteiger partial charge in [-0.2, -0.15) is 0 Å². The minimum absolute atomic E-state index is 0.149. The van der Waals surface area contributed by atoms with Gasteiger partial charge in [-0.1, -0.05) is 62.4 Å². The van der Waals surface area contributed by atoms with Crippen LogP contribution in [0, 0.1) is 0 Å². The molecule has 156 valence electrons. The van der Waals surface area contributed by atoms with E-state index in [2.05, 4.69) is 51.3 Å². The molecule has 0 amide bonds. The number of rotatable bonds is 12. The highest BCUT2D eigenvalue weighted by Gasteiger charge is 2.23. The van der Waals surface area contributed by atoms with Gasteiger partial charge in [-0.05, 0) is 49.2 Å². The fourth-order valence-corrected chi connectivity index (χ4v) is 2.75. The lowest BCUT2D eigenvalue weighted by Crippen LogP contribution is -2.18. The summed E-state index contributed by atoms with van der Waals surface area (Å²) >= 11 is 0. The van der Waals surface area contributed by atoms with Crippen LogP contribution in [0.15, 0.2) is 72.8 Å². The molecule has 0 saturated heterocycles. The Bertz CT molecular complexity index is 721. The van der Waals surface area contributed by atoms with Crippen molar-refractivity contribution < 1.29 is 18.9 Å². The predicted octanol–water partition coefficient (Wildman–Crippen LogP) is 5.87. The molecule has 0 bridgehead atoms. The van der Waals surface area contributed by atoms with Crippen LogP contribution < -0.4 is 9.47 Å². The largest absolute Gasteiger partial charge is 0.468 e. The van der Waals surface area contributed by atoms with E-state index in [0.717, 1.165) is 22.6 Å². The first kappa shape index (κ1) is 22.7. The van der Waals surface area contributed by atoms with E-state index in [1.54, 1.807) is 0 Å². The van der Waals surface area contributed by atoms with Crippen LogP contribution in [0.4, 0.5) is 0 Å². The van der Waals surface area contributed by atoms with Crippen molar-refractivity contribution in [1.82, 2.24) is 0 Å². The zero-order chi connectivity index (χ0) is 21.3. The lowest BCUT2D eigenvalue weighted by atomic mass is 9.78. The summed E-state index contributed by atoms with van der Waals surface area (Å²) in [5.74, 6) is 1.56. The van der Waals surface area contributed by atoms with E-state index < -0.39 is 0 Å². The van der Waals surface area contributed by atoms with Crippen LogP contribution in [-0.2, 0) is 14.9 Å². The van der Waals surface area contributed by atoms with Crippen LogP contribution in [0.5, 0.6) is 11.5 Å². The maximum atomic E-state index is 5.61. The van der Waals surface area contributed by atoms with Crippen LogP contribution in [0.3, 0.4) is 0 Å². The first-order valence-electron chi connectivity index (χ1n) is 9.70. The molecule has 0 aliphatic heterocycles. The monoisotopic (exact) mass is 396 g/mol. The first-order chi connectivity index (χ1) is 13.8. The van der Waals surface area contributed by atoms with Crippen molar-refractivity contribution in [2.24, 2.45) is 0 Å². The molecule has 0 heterocycles. The van der Waals surface area contributed by atoms with E-state index in [-0.39, 0.29) is 19.0 Å². The molecule has 4 nitrogen and oxygen atoms in total. The van der Waals surface area contributed by atoms with Gasteiger partial charge < -0.3 is 18.9 Å². The molecule has 2 rings (SSSR count). The quantitative estimate of drug-likeness (QED) is 0.255. The van der Waals surface area contributed by atoms with E-state index >= 15 is 0 Å². The molecule has 29 heavy (non-hydrogen) atoms. The predicted molar refractivity (Wildman–Crippen MR) is 118 cm³/mol. The Labute approximate surface area is 174 Å². The molecule has 0 aliphatic carbocycles. The van der Waals surface area contributed by atoms with Crippen molar-refractivity contribution in [2.75, 3.05) is 26.8 Å². The number of hydrogen-bond donors (Lipinski definition) is 0. The average Bonchev–Trinajstić information content (AvgIpc) is 2.69. The third-order valence-corrected chi connectivity index (χ3v) is 4.47. The van der Waals surface area contributed by atoms with Gasteiger partial charge >= 0.3 is 0 Å². The fraction of sp³-hybridized carbons (Fsp3) is 0.360. The van der Waals surface area contributed by atoms with Crippen LogP contribution in [0.1, 0.15) is 38.8 Å². The number of ether oxygens (including phenoxy) is 4. The van der Waals surface area contributed by atoms with E-state index in [9.17, 15) is 0 Å². The van der Waals surface area contributed by atoms with Gasteiger partial charge in [0.1, 0.15) is 11.5 Å². The fourth-order valence-electron chi connectivity index (χ4n) is 2.75. The van der Waals surface area contributed by atoms with Crippen LogP contribution in [0.2, 0.25) is 0 Å². The zero-order valence-electron chi connectivity index (χ0n) is 18.0. The molecule has 0 fully saturated rings. The molecule has 0 radical (unpaired) electrons. The lowest BCUT2D eigenvalue weighted by Gasteiger charge is -2.26. The highest BCUT2D eigenvalue weighted by atomic mass is 16.7. The molecule has 2 aromatic carbocycles. The Morgan fingerprint density at radius 3 is 1.34 bits per heavy atom. The number of benzene rings is 2. The Balaban J connectivity index is 1.93. The summed E-state index contributed by atoms with van der Waals surface area (Å²) in [6.07, 6.45) is 0. The van der Waals surface area contributed by atoms with Crippen molar-refractivity contribution >= 4 is 0 Å². The van der Waals surface area contributed by atoms with Gasteiger partial charge in [-0.25, -0.2) is 0 Å². The Kier molecular flexibility index (Phi) is 8.50. The van der Waals surface area contributed by atoms with Crippen molar-refractivity contribution in [3.05, 3.63) is 84.0 Å². The second kappa shape index (κ2) is 10.8. The van der Waals surface area contributed by atoms with Crippen molar-refractivity contribution in [3.8, 4) is 11.5 Å². The SMILES string of the molecule is C=C(C)COCOc1ccc(C(C)(C)c2ccc(OCOCC(=C)C)cc2)cc1. The lowest BCUT2D eigenvalue weighted by molar-refractivity contribution is 0.0273. The summed E-state index contributed by atoms with van der Waals surface area (Å²) in [5, 5.41) is 0. The highest BCUT2D eigenvalue weighted by Crippen LogP contribution is 2.33. The van der Waals surface area contributed by atoms with E-state index in [1.807, 2.05) is 38.1 Å². The minimum atomic E-state index is -0.149. The second-order valence-electron chi connectivity index (χ2n) is 7.81. The van der Waals surface area contributed by atoms with Crippen LogP contribution in [0.25, 0.3) is 0 Å². The molecule has 4 heteroatoms. The molecule has 2 aromatic rings. The maximum absolute atomic E-state index is 5.61. The van der Waals surface area contributed by atoms with Gasteiger partial charge in [-0.3, -0.25) is 0 Å². The summed E-state index contributed by atoms with van der Waals surface area (Å²) < 4.78 is 22.0. The molecular formula is C25H32O4. The zero-order valence-corrected chi connectivity index (χ0v) is 18.0. The van der Waals surface area contributed by atoms with Crippen molar-refractivity contribution in [1.29, 1.82) is 0 Å². The van der Waals surface area contributed by atoms with Gasteiger partial charge in [0.25, 0.3) is 0 Å². The van der Waals surface area contributed by atoms with Gasteiger partial charge in [0.2, 0.25) is 0 Å². The molecule has 0 saturated carbocycles. The normalized spacial score (nSPS) is 11.2. The molecule has 0 aromatic heterocycles. The molecule has 0 aliphatic rings. The second-order valence-corrected chi connectivity index (χ2v) is 7.81. The van der Waals surface area contributed by atoms with Gasteiger partial charge in [-0.15, -0.1) is 0 Å². The smallest absolute Gasteiger partial charge is 0.189 e. The summed E-state index contributed by atoms with van der Waals surface area (Å²) in [6, 6.07) is 16.2. The third-order valence-electron chi connectivity index (χ3n) is 4.47. The molecular weight excluding hydrogens is 364 g/mol. The third kappa shape index (κ3) is 7.41. The van der Waals surface area contributed by atoms with E-state index in [0.29, 0.717) is 13.2 Å². The topological polar surface area (TPSA) is 36.9 Å². The summed E-state index contributed by atoms with van der Waals surface area (Å²) in [6.45, 7) is 17.3. The summed E-state index contributed by atoms with van der Waals surface area (Å²) in [7, 11) is 0. The van der Waals surface area contributed by atoms with Gasteiger partial charge in [0.05, 0.1) is 13.2 Å². The van der Waals surface area contributed by atoms with E-state index in [1.165, 1.54) is 11.1 Å². The van der Waals surface area contributed by atoms with Crippen LogP contribution in [-0.4, -0.2) is 26.8 Å². The highest BCUT2D eigenvalue weighted by molar-refractivity contribution is 5.41. The van der Waals surface area contributed by atoms with Crippen molar-refractivity contribution in [3.63, 3.8) is 0 Å². The first-order valence-corrected chi connectivity index (χ1v) is 9.70. The Morgan fingerprint density at radius 2 is 1.03 bits per heavy atom. The van der Waals surface area contributed by atoms with Crippen molar-refractivity contribution in [2.45, 2.75) is 33.1 Å². The van der Waals surface area contributed by atoms with Gasteiger partial charge in [0, 0.05) is 5.41 Å². The number of hydrogen-bond acceptors (Lipinski definition) is 4. The standard InChI is InChI=1S/C25H32O4/c1-19(2)15-26-17-28-23-11-7-21(8-12-23)25(5,6)22-9-13-24(14-10-22)29-18-27-16-20(3)4/h7-14H,1,3,15-18H2,2,4-6H3. The van der Waals surface area contributed by atoms with Crippen LogP contribution >= 0.6 is 0 Å². The summed E-state index contributed by atoms with van der Waals surface area (Å²) in [5.41, 5.74) is 4.20. The Morgan fingerprint density at radius 1 is 0.690 bits per heavy atom. The maximum Gasteiger partial charge on any atom is 0.189 e. The average molecular weight is 397 g/mol.